The Labute approximate surface area is 196 Å². The Bertz CT molecular complexity index is 1030. The molecule has 0 atom stereocenters. The topological polar surface area (TPSA) is 81.0 Å². The summed E-state index contributed by atoms with van der Waals surface area (Å²) in [6.07, 6.45) is 2.91. The zero-order chi connectivity index (χ0) is 24.4. The molecule has 1 fully saturated rings. The van der Waals surface area contributed by atoms with Crippen LogP contribution in [0.25, 0.3) is 5.82 Å². The smallest absolute Gasteiger partial charge is 0.487 e. The molecule has 0 amide bonds. The van der Waals surface area contributed by atoms with E-state index in [9.17, 15) is 13.6 Å². The van der Waals surface area contributed by atoms with E-state index in [1.54, 1.807) is 13.0 Å². The predicted molar refractivity (Wildman–Crippen MR) is 122 cm³/mol. The number of rotatable bonds is 9. The lowest BCUT2D eigenvalue weighted by molar-refractivity contribution is -0.0230. The molecule has 0 spiro atoms. The average Bonchev–Trinajstić information content (AvgIpc) is 2.93. The summed E-state index contributed by atoms with van der Waals surface area (Å²) in [6, 6.07) is 4.16. The molecule has 33 heavy (non-hydrogen) atoms. The lowest BCUT2D eigenvalue weighted by atomic mass is 9.80. The summed E-state index contributed by atoms with van der Waals surface area (Å²) in [5.74, 6) is -2.58. The van der Waals surface area contributed by atoms with Crippen LogP contribution >= 0.6 is 12.3 Å². The molecular weight excluding hydrogens is 457 g/mol. The minimum Gasteiger partial charge on any atom is -0.487 e. The number of ether oxygens (including phenoxy) is 1. The van der Waals surface area contributed by atoms with Gasteiger partial charge in [-0.15, -0.1) is 0 Å². The fourth-order valence-electron chi connectivity index (χ4n) is 2.85. The van der Waals surface area contributed by atoms with Crippen molar-refractivity contribution in [2.75, 3.05) is 13.2 Å². The molecule has 2 aromatic heterocycles. The second-order valence-electron chi connectivity index (χ2n) is 8.67. The Balaban J connectivity index is 1.92. The van der Waals surface area contributed by atoms with Gasteiger partial charge in [0.1, 0.15) is 5.75 Å². The van der Waals surface area contributed by atoms with Crippen LogP contribution < -0.4 is 19.9 Å². The zero-order valence-electron chi connectivity index (χ0n) is 19.4. The van der Waals surface area contributed by atoms with Crippen LogP contribution in [0.15, 0.2) is 35.4 Å². The minimum absolute atomic E-state index is 0.0257. The van der Waals surface area contributed by atoms with E-state index in [1.807, 2.05) is 27.7 Å². The summed E-state index contributed by atoms with van der Waals surface area (Å²) >= 11 is 0.741. The molecule has 0 N–H and O–H groups in total. The number of nitrogens with zero attached hydrogens (tertiary/aromatic N) is 2. The van der Waals surface area contributed by atoms with E-state index in [4.69, 9.17) is 22.4 Å². The molecule has 0 aromatic carbocycles. The molecule has 0 aliphatic carbocycles. The van der Waals surface area contributed by atoms with Crippen LogP contribution in [-0.2, 0) is 13.5 Å². The maximum absolute atomic E-state index is 13.0. The Hall–Kier alpha value is -2.15. The monoisotopic (exact) mass is 484 g/mol. The molecular formula is C21H27BF2N2O6S. The fraction of sp³-hybridized carbons (Fsp3) is 0.524. The van der Waals surface area contributed by atoms with Crippen molar-refractivity contribution < 1.29 is 31.2 Å². The van der Waals surface area contributed by atoms with E-state index in [-0.39, 0.29) is 17.3 Å². The van der Waals surface area contributed by atoms with E-state index in [1.165, 1.54) is 23.0 Å². The van der Waals surface area contributed by atoms with Gasteiger partial charge in [-0.25, -0.2) is 13.8 Å². The Morgan fingerprint density at radius 1 is 1.21 bits per heavy atom. The SMILES string of the molecule is CCOSOc1cc(B2OC(C)(C)C(C)(C)O2)cnc1-n1ccc(OCC(C)(F)F)cc1=O. The van der Waals surface area contributed by atoms with Crippen molar-refractivity contribution >= 4 is 24.9 Å². The van der Waals surface area contributed by atoms with Crippen molar-refractivity contribution in [3.05, 3.63) is 40.9 Å². The van der Waals surface area contributed by atoms with E-state index in [2.05, 4.69) is 4.98 Å². The molecule has 8 nitrogen and oxygen atoms in total. The Kier molecular flexibility index (Phi) is 7.42. The first-order chi connectivity index (χ1) is 15.3. The third-order valence-electron chi connectivity index (χ3n) is 5.28. The summed E-state index contributed by atoms with van der Waals surface area (Å²) in [4.78, 5) is 17.1. The summed E-state index contributed by atoms with van der Waals surface area (Å²) in [6.45, 7) is 9.86. The molecule has 1 aliphatic heterocycles. The summed E-state index contributed by atoms with van der Waals surface area (Å²) in [7, 11) is -0.681. The van der Waals surface area contributed by atoms with E-state index in [0.717, 1.165) is 25.3 Å². The van der Waals surface area contributed by atoms with Crippen molar-refractivity contribution in [1.29, 1.82) is 0 Å². The first-order valence-corrected chi connectivity index (χ1v) is 11.0. The van der Waals surface area contributed by atoms with Gasteiger partial charge >= 0.3 is 7.12 Å². The largest absolute Gasteiger partial charge is 0.496 e. The van der Waals surface area contributed by atoms with Gasteiger partial charge in [0.2, 0.25) is 12.3 Å². The summed E-state index contributed by atoms with van der Waals surface area (Å²) < 4.78 is 55.3. The molecule has 0 saturated carbocycles. The number of pyridine rings is 2. The second kappa shape index (κ2) is 9.61. The maximum atomic E-state index is 13.0. The Morgan fingerprint density at radius 2 is 1.88 bits per heavy atom. The van der Waals surface area contributed by atoms with Crippen LogP contribution in [0, 0.1) is 0 Å². The third-order valence-corrected chi connectivity index (χ3v) is 5.86. The Morgan fingerprint density at radius 3 is 2.45 bits per heavy atom. The highest BCUT2D eigenvalue weighted by atomic mass is 32.2. The number of hydrogen-bond acceptors (Lipinski definition) is 8. The highest BCUT2D eigenvalue weighted by molar-refractivity contribution is 7.90. The van der Waals surface area contributed by atoms with E-state index >= 15 is 0 Å². The van der Waals surface area contributed by atoms with Crippen molar-refractivity contribution in [1.82, 2.24) is 9.55 Å². The van der Waals surface area contributed by atoms with Gasteiger partial charge in [-0.1, -0.05) is 0 Å². The van der Waals surface area contributed by atoms with Gasteiger partial charge in [-0.2, -0.15) is 0 Å². The van der Waals surface area contributed by atoms with Crippen LogP contribution in [0.2, 0.25) is 0 Å². The van der Waals surface area contributed by atoms with Gasteiger partial charge in [0.25, 0.3) is 11.5 Å². The lowest BCUT2D eigenvalue weighted by Gasteiger charge is -2.32. The van der Waals surface area contributed by atoms with Crippen molar-refractivity contribution in [2.24, 2.45) is 0 Å². The highest BCUT2D eigenvalue weighted by Crippen LogP contribution is 2.37. The molecule has 0 unspecified atom stereocenters. The van der Waals surface area contributed by atoms with Crippen LogP contribution in [0.5, 0.6) is 11.5 Å². The summed E-state index contributed by atoms with van der Waals surface area (Å²) in [5.41, 5.74) is -1.02. The van der Waals surface area contributed by atoms with E-state index in [0.29, 0.717) is 12.1 Å². The van der Waals surface area contributed by atoms with Crippen LogP contribution in [0.3, 0.4) is 0 Å². The van der Waals surface area contributed by atoms with E-state index < -0.39 is 36.4 Å². The van der Waals surface area contributed by atoms with Gasteiger partial charge in [0.05, 0.1) is 17.8 Å². The predicted octanol–water partition coefficient (Wildman–Crippen LogP) is 3.54. The fourth-order valence-corrected chi connectivity index (χ4v) is 3.19. The molecule has 0 radical (unpaired) electrons. The minimum atomic E-state index is -3.02. The van der Waals surface area contributed by atoms with Crippen LogP contribution in [0.4, 0.5) is 8.78 Å². The van der Waals surface area contributed by atoms with Crippen molar-refractivity contribution in [3.63, 3.8) is 0 Å². The van der Waals surface area contributed by atoms with Gasteiger partial charge in [-0.3, -0.25) is 13.5 Å². The molecule has 0 bridgehead atoms. The molecule has 12 heteroatoms. The summed E-state index contributed by atoms with van der Waals surface area (Å²) in [5, 5.41) is 0. The first kappa shape index (κ1) is 25.5. The molecule has 2 aromatic rings. The van der Waals surface area contributed by atoms with Crippen molar-refractivity contribution in [3.8, 4) is 17.3 Å². The molecule has 3 heterocycles. The molecule has 3 rings (SSSR count). The average molecular weight is 484 g/mol. The maximum Gasteiger partial charge on any atom is 0.496 e. The molecule has 1 saturated heterocycles. The van der Waals surface area contributed by atoms with Crippen LogP contribution in [-0.4, -0.2) is 47.0 Å². The second-order valence-corrected chi connectivity index (χ2v) is 9.20. The highest BCUT2D eigenvalue weighted by Gasteiger charge is 2.52. The first-order valence-electron chi connectivity index (χ1n) is 10.4. The lowest BCUT2D eigenvalue weighted by Crippen LogP contribution is -2.41. The molecule has 180 valence electrons. The van der Waals surface area contributed by atoms with Gasteiger partial charge in [0.15, 0.2) is 18.2 Å². The zero-order valence-corrected chi connectivity index (χ0v) is 20.2. The number of hydrogen-bond donors (Lipinski definition) is 0. The van der Waals surface area contributed by atoms with Gasteiger partial charge in [0, 0.05) is 30.8 Å². The standard InChI is InChI=1S/C21H27BF2N2O6S/c1-7-29-33-30-16-10-14(22-31-19(2,3)20(4,5)32-22)12-25-18(16)26-9-8-15(11-17(26)27)28-13-21(6,23)24/h8-12H,7,13H2,1-6H3. The van der Waals surface area contributed by atoms with Crippen molar-refractivity contribution in [2.45, 2.75) is 58.7 Å². The quantitative estimate of drug-likeness (QED) is 0.304. The molecule has 1 aliphatic rings. The normalized spacial score (nSPS) is 17.3. The van der Waals surface area contributed by atoms with Gasteiger partial charge < -0.3 is 18.2 Å². The van der Waals surface area contributed by atoms with Crippen LogP contribution in [0.1, 0.15) is 41.5 Å². The number of halogens is 2. The number of aromatic nitrogens is 2. The number of alkyl halides is 2. The third kappa shape index (κ3) is 6.05. The van der Waals surface area contributed by atoms with Gasteiger partial charge in [-0.05, 0) is 46.8 Å².